The maximum absolute atomic E-state index is 12.6. The van der Waals surface area contributed by atoms with E-state index in [2.05, 4.69) is 15.4 Å². The molecule has 1 aromatic carbocycles. The number of rotatable bonds is 3. The third kappa shape index (κ3) is 3.74. The van der Waals surface area contributed by atoms with Gasteiger partial charge in [-0.2, -0.15) is 0 Å². The van der Waals surface area contributed by atoms with Crippen molar-refractivity contribution in [2.45, 2.75) is 6.92 Å². The SMILES string of the molecule is Cc1ccc2cnc(Nc3ccc(C(=O)N4CCP(C)(=O)CC4)cc3)nn12. The highest BCUT2D eigenvalue weighted by Crippen LogP contribution is 2.43. The van der Waals surface area contributed by atoms with Gasteiger partial charge in [-0.1, -0.05) is 0 Å². The summed E-state index contributed by atoms with van der Waals surface area (Å²) >= 11 is 0. The summed E-state index contributed by atoms with van der Waals surface area (Å²) in [5.41, 5.74) is 3.42. The summed E-state index contributed by atoms with van der Waals surface area (Å²) in [6.45, 7) is 4.94. The molecule has 1 saturated heterocycles. The maximum Gasteiger partial charge on any atom is 0.253 e. The minimum Gasteiger partial charge on any atom is -0.338 e. The van der Waals surface area contributed by atoms with E-state index in [-0.39, 0.29) is 5.91 Å². The molecule has 1 aliphatic heterocycles. The summed E-state index contributed by atoms with van der Waals surface area (Å²) in [7, 11) is -2.04. The third-order valence-electron chi connectivity index (χ3n) is 4.95. The van der Waals surface area contributed by atoms with E-state index in [1.54, 1.807) is 23.2 Å². The molecule has 1 amide bonds. The van der Waals surface area contributed by atoms with Crippen LogP contribution >= 0.6 is 7.14 Å². The molecule has 7 nitrogen and oxygen atoms in total. The fourth-order valence-corrected chi connectivity index (χ4v) is 4.74. The van der Waals surface area contributed by atoms with Gasteiger partial charge < -0.3 is 14.8 Å². The number of nitrogens with zero attached hydrogens (tertiary/aromatic N) is 4. The first-order valence-corrected chi connectivity index (χ1v) is 11.5. The highest BCUT2D eigenvalue weighted by molar-refractivity contribution is 7.63. The van der Waals surface area contributed by atoms with Crippen LogP contribution in [0, 0.1) is 6.92 Å². The van der Waals surface area contributed by atoms with Crippen molar-refractivity contribution in [1.29, 1.82) is 0 Å². The molecule has 0 radical (unpaired) electrons. The van der Waals surface area contributed by atoms with Crippen LogP contribution in [0.4, 0.5) is 11.6 Å². The normalized spacial score (nSPS) is 16.4. The zero-order chi connectivity index (χ0) is 19.0. The van der Waals surface area contributed by atoms with E-state index in [0.29, 0.717) is 36.9 Å². The van der Waals surface area contributed by atoms with Gasteiger partial charge in [-0.15, -0.1) is 5.10 Å². The van der Waals surface area contributed by atoms with Crippen LogP contribution in [0.3, 0.4) is 0 Å². The van der Waals surface area contributed by atoms with Crippen LogP contribution in [0.2, 0.25) is 0 Å². The van der Waals surface area contributed by atoms with Crippen LogP contribution in [0.15, 0.2) is 42.6 Å². The van der Waals surface area contributed by atoms with Gasteiger partial charge in [0.2, 0.25) is 5.95 Å². The van der Waals surface area contributed by atoms with E-state index in [4.69, 9.17) is 0 Å². The highest BCUT2D eigenvalue weighted by atomic mass is 31.2. The van der Waals surface area contributed by atoms with Crippen LogP contribution in [0.5, 0.6) is 0 Å². The Bertz CT molecular complexity index is 1030. The van der Waals surface area contributed by atoms with Crippen molar-refractivity contribution in [2.24, 2.45) is 0 Å². The molecule has 0 saturated carbocycles. The molecule has 3 heterocycles. The van der Waals surface area contributed by atoms with Crippen molar-refractivity contribution in [3.63, 3.8) is 0 Å². The standard InChI is InChI=1S/C19H22N5O2P/c1-14-3-8-17-13-20-19(22-24(14)17)21-16-6-4-15(5-7-16)18(25)23-9-11-27(2,26)12-10-23/h3-8,13H,9-12H2,1-2H3,(H,21,22). The molecule has 0 unspecified atom stereocenters. The van der Waals surface area contributed by atoms with Gasteiger partial charge in [0.15, 0.2) is 0 Å². The molecule has 8 heteroatoms. The fraction of sp³-hybridized carbons (Fsp3) is 0.316. The molecule has 4 rings (SSSR count). The molecule has 2 aromatic heterocycles. The van der Waals surface area contributed by atoms with Crippen LogP contribution in [0.25, 0.3) is 5.52 Å². The molecule has 0 atom stereocenters. The lowest BCUT2D eigenvalue weighted by atomic mass is 10.2. The summed E-state index contributed by atoms with van der Waals surface area (Å²) in [4.78, 5) is 18.7. The number of aromatic nitrogens is 3. The predicted octanol–water partition coefficient (Wildman–Crippen LogP) is 3.23. The topological polar surface area (TPSA) is 79.6 Å². The summed E-state index contributed by atoms with van der Waals surface area (Å²) in [5.74, 6) is 0.484. The molecular formula is C19H22N5O2P. The quantitative estimate of drug-likeness (QED) is 0.703. The Balaban J connectivity index is 1.46. The zero-order valence-corrected chi connectivity index (χ0v) is 16.3. The number of amides is 1. The van der Waals surface area contributed by atoms with Crippen molar-refractivity contribution in [3.8, 4) is 0 Å². The number of hydrogen-bond donors (Lipinski definition) is 1. The maximum atomic E-state index is 12.6. The lowest BCUT2D eigenvalue weighted by molar-refractivity contribution is 0.0769. The Hall–Kier alpha value is -2.66. The van der Waals surface area contributed by atoms with E-state index < -0.39 is 7.14 Å². The second-order valence-corrected chi connectivity index (χ2v) is 10.6. The Morgan fingerprint density at radius 3 is 2.52 bits per heavy atom. The Labute approximate surface area is 157 Å². The highest BCUT2D eigenvalue weighted by Gasteiger charge is 2.27. The molecular weight excluding hydrogens is 361 g/mol. The van der Waals surface area contributed by atoms with Crippen LogP contribution in [-0.4, -0.2) is 57.5 Å². The molecule has 0 bridgehead atoms. The second-order valence-electron chi connectivity index (χ2n) is 7.13. The Kier molecular flexibility index (Phi) is 4.48. The van der Waals surface area contributed by atoms with E-state index >= 15 is 0 Å². The van der Waals surface area contributed by atoms with Crippen LogP contribution in [-0.2, 0) is 4.57 Å². The zero-order valence-electron chi connectivity index (χ0n) is 15.4. The van der Waals surface area contributed by atoms with Crippen molar-refractivity contribution in [2.75, 3.05) is 37.4 Å². The third-order valence-corrected chi connectivity index (χ3v) is 7.24. The minimum atomic E-state index is -2.04. The number of fused-ring (bicyclic) bond motifs is 1. The molecule has 1 N–H and O–H groups in total. The molecule has 27 heavy (non-hydrogen) atoms. The predicted molar refractivity (Wildman–Crippen MR) is 107 cm³/mol. The van der Waals surface area contributed by atoms with Crippen molar-refractivity contribution < 1.29 is 9.36 Å². The van der Waals surface area contributed by atoms with Gasteiger partial charge in [-0.05, 0) is 50.0 Å². The summed E-state index contributed by atoms with van der Waals surface area (Å²) in [5, 5.41) is 7.63. The Morgan fingerprint density at radius 2 is 1.81 bits per heavy atom. The lowest BCUT2D eigenvalue weighted by Crippen LogP contribution is -2.39. The molecule has 1 fully saturated rings. The lowest BCUT2D eigenvalue weighted by Gasteiger charge is -2.30. The fourth-order valence-electron chi connectivity index (χ4n) is 3.19. The number of benzene rings is 1. The first-order chi connectivity index (χ1) is 12.9. The average Bonchev–Trinajstić information content (AvgIpc) is 3.02. The Morgan fingerprint density at radius 1 is 1.11 bits per heavy atom. The van der Waals surface area contributed by atoms with Gasteiger partial charge in [0.05, 0.1) is 18.9 Å². The van der Waals surface area contributed by atoms with Gasteiger partial charge in [0.1, 0.15) is 0 Å². The van der Waals surface area contributed by atoms with E-state index in [9.17, 15) is 9.36 Å². The summed E-state index contributed by atoms with van der Waals surface area (Å²) in [6.07, 6.45) is 2.98. The average molecular weight is 383 g/mol. The second kappa shape index (κ2) is 6.82. The minimum absolute atomic E-state index is 0.0121. The van der Waals surface area contributed by atoms with Gasteiger partial charge in [-0.25, -0.2) is 9.50 Å². The van der Waals surface area contributed by atoms with Crippen LogP contribution in [0.1, 0.15) is 16.1 Å². The van der Waals surface area contributed by atoms with Gasteiger partial charge >= 0.3 is 0 Å². The van der Waals surface area contributed by atoms with E-state index in [0.717, 1.165) is 16.9 Å². The number of carbonyl (C=O) groups excluding carboxylic acids is 1. The first kappa shape index (κ1) is 17.7. The first-order valence-electron chi connectivity index (χ1n) is 8.95. The molecule has 1 aliphatic rings. The van der Waals surface area contributed by atoms with Gasteiger partial charge in [-0.3, -0.25) is 4.79 Å². The van der Waals surface area contributed by atoms with Crippen molar-refractivity contribution in [3.05, 3.63) is 53.9 Å². The summed E-state index contributed by atoms with van der Waals surface area (Å²) < 4.78 is 13.9. The van der Waals surface area contributed by atoms with Crippen molar-refractivity contribution in [1.82, 2.24) is 19.5 Å². The smallest absolute Gasteiger partial charge is 0.253 e. The number of nitrogens with one attached hydrogen (secondary N) is 1. The molecule has 0 spiro atoms. The van der Waals surface area contributed by atoms with Crippen molar-refractivity contribution >= 4 is 30.2 Å². The number of anilines is 2. The number of aryl methyl sites for hydroxylation is 1. The molecule has 0 aliphatic carbocycles. The number of carbonyl (C=O) groups is 1. The van der Waals surface area contributed by atoms with Gasteiger partial charge in [0.25, 0.3) is 5.91 Å². The monoisotopic (exact) mass is 383 g/mol. The summed E-state index contributed by atoms with van der Waals surface area (Å²) in [6, 6.07) is 11.2. The number of hydrogen-bond acceptors (Lipinski definition) is 5. The molecule has 3 aromatic rings. The van der Waals surface area contributed by atoms with Crippen LogP contribution < -0.4 is 5.32 Å². The van der Waals surface area contributed by atoms with Gasteiger partial charge in [0, 0.05) is 42.4 Å². The largest absolute Gasteiger partial charge is 0.338 e. The van der Waals surface area contributed by atoms with E-state index in [1.165, 1.54) is 0 Å². The van der Waals surface area contributed by atoms with E-state index in [1.807, 2.05) is 42.4 Å². The molecule has 140 valence electrons.